The molecule has 6 nitrogen and oxygen atoms in total. The number of carbonyl (C=O) groups excluding carboxylic acids is 1. The van der Waals surface area contributed by atoms with E-state index < -0.39 is 0 Å². The van der Waals surface area contributed by atoms with Crippen LogP contribution in [0.5, 0.6) is 0 Å². The molecule has 98 valence electrons. The van der Waals surface area contributed by atoms with Gasteiger partial charge in [0.2, 0.25) is 5.91 Å². The second-order valence-corrected chi connectivity index (χ2v) is 4.17. The maximum absolute atomic E-state index is 12.1. The molecular weight excluding hydrogens is 222 g/mol. The fraction of sp³-hybridized carbons (Fsp3) is 0.818. The summed E-state index contributed by atoms with van der Waals surface area (Å²) in [5.41, 5.74) is 5.39. The maximum atomic E-state index is 12.1. The van der Waals surface area contributed by atoms with Gasteiger partial charge in [0, 0.05) is 26.1 Å². The number of nitrogens with two attached hydrogens (primary N) is 1. The quantitative estimate of drug-likeness (QED) is 0.316. The summed E-state index contributed by atoms with van der Waals surface area (Å²) in [4.78, 5) is 13.9. The van der Waals surface area contributed by atoms with Gasteiger partial charge in [-0.2, -0.15) is 0 Å². The molecule has 0 aromatic rings. The highest BCUT2D eigenvalue weighted by atomic mass is 16.5. The molecule has 0 spiro atoms. The predicted molar refractivity (Wildman–Crippen MR) is 63.8 cm³/mol. The van der Waals surface area contributed by atoms with Crippen LogP contribution in [-0.4, -0.2) is 48.2 Å². The number of hydrogen-bond donors (Lipinski definition) is 2. The maximum Gasteiger partial charge on any atom is 0.228 e. The van der Waals surface area contributed by atoms with Crippen LogP contribution in [0.15, 0.2) is 5.16 Å². The van der Waals surface area contributed by atoms with E-state index in [1.807, 2.05) is 6.92 Å². The first-order chi connectivity index (χ1) is 8.19. The smallest absolute Gasteiger partial charge is 0.228 e. The van der Waals surface area contributed by atoms with Crippen LogP contribution in [0.1, 0.15) is 26.2 Å². The van der Waals surface area contributed by atoms with Crippen molar-refractivity contribution in [2.24, 2.45) is 16.8 Å². The fourth-order valence-electron chi connectivity index (χ4n) is 1.92. The Morgan fingerprint density at radius 1 is 1.65 bits per heavy atom. The van der Waals surface area contributed by atoms with Gasteiger partial charge in [0.15, 0.2) is 0 Å². The molecule has 6 heteroatoms. The van der Waals surface area contributed by atoms with Gasteiger partial charge in [-0.3, -0.25) is 4.79 Å². The van der Waals surface area contributed by atoms with Crippen LogP contribution in [0, 0.1) is 5.92 Å². The monoisotopic (exact) mass is 243 g/mol. The molecule has 1 unspecified atom stereocenters. The van der Waals surface area contributed by atoms with E-state index in [2.05, 4.69) is 5.16 Å². The standard InChI is InChI=1S/C11H21N3O3/c1-2-14(6-5-10(12)13-16)11(15)9-4-3-7-17-8-9/h9,16H,2-8H2,1H3,(H2,12,13). The summed E-state index contributed by atoms with van der Waals surface area (Å²) >= 11 is 0. The third-order valence-electron chi connectivity index (χ3n) is 2.97. The van der Waals surface area contributed by atoms with Crippen molar-refractivity contribution >= 4 is 11.7 Å². The first-order valence-electron chi connectivity index (χ1n) is 6.02. The number of amidine groups is 1. The number of amides is 1. The number of oxime groups is 1. The van der Waals surface area contributed by atoms with E-state index in [0.717, 1.165) is 19.4 Å². The average Bonchev–Trinajstić information content (AvgIpc) is 2.39. The van der Waals surface area contributed by atoms with Crippen molar-refractivity contribution in [1.29, 1.82) is 0 Å². The molecule has 1 aliphatic heterocycles. The number of nitrogens with zero attached hydrogens (tertiary/aromatic N) is 2. The lowest BCUT2D eigenvalue weighted by Crippen LogP contribution is -2.40. The third-order valence-corrected chi connectivity index (χ3v) is 2.97. The molecular formula is C11H21N3O3. The van der Waals surface area contributed by atoms with E-state index in [4.69, 9.17) is 15.7 Å². The van der Waals surface area contributed by atoms with E-state index in [9.17, 15) is 4.79 Å². The number of hydrogen-bond acceptors (Lipinski definition) is 4. The Labute approximate surface area is 101 Å². The largest absolute Gasteiger partial charge is 0.409 e. The molecule has 0 bridgehead atoms. The summed E-state index contributed by atoms with van der Waals surface area (Å²) in [6, 6.07) is 0. The summed E-state index contributed by atoms with van der Waals surface area (Å²) in [6.07, 6.45) is 2.22. The Bertz CT molecular complexity index is 275. The molecule has 1 aliphatic rings. The fourth-order valence-corrected chi connectivity index (χ4v) is 1.92. The van der Waals surface area contributed by atoms with E-state index >= 15 is 0 Å². The number of rotatable bonds is 5. The predicted octanol–water partition coefficient (Wildman–Crippen LogP) is 0.398. The Balaban J connectivity index is 2.45. The van der Waals surface area contributed by atoms with Gasteiger partial charge in [-0.1, -0.05) is 5.16 Å². The Morgan fingerprint density at radius 2 is 2.41 bits per heavy atom. The van der Waals surface area contributed by atoms with Gasteiger partial charge in [-0.15, -0.1) is 0 Å². The molecule has 1 atom stereocenters. The molecule has 1 rings (SSSR count). The highest BCUT2D eigenvalue weighted by molar-refractivity contribution is 5.82. The highest BCUT2D eigenvalue weighted by Crippen LogP contribution is 2.16. The van der Waals surface area contributed by atoms with E-state index in [1.165, 1.54) is 0 Å². The van der Waals surface area contributed by atoms with Crippen LogP contribution < -0.4 is 5.73 Å². The van der Waals surface area contributed by atoms with Crippen LogP contribution >= 0.6 is 0 Å². The molecule has 0 aromatic heterocycles. The molecule has 1 saturated heterocycles. The molecule has 0 saturated carbocycles. The molecule has 1 amide bonds. The molecule has 17 heavy (non-hydrogen) atoms. The summed E-state index contributed by atoms with van der Waals surface area (Å²) in [7, 11) is 0. The van der Waals surface area contributed by atoms with Crippen molar-refractivity contribution < 1.29 is 14.7 Å². The molecule has 3 N–H and O–H groups in total. The second-order valence-electron chi connectivity index (χ2n) is 4.17. The van der Waals surface area contributed by atoms with Crippen molar-refractivity contribution in [3.05, 3.63) is 0 Å². The Morgan fingerprint density at radius 3 is 2.94 bits per heavy atom. The highest BCUT2D eigenvalue weighted by Gasteiger charge is 2.25. The van der Waals surface area contributed by atoms with Crippen molar-refractivity contribution in [3.63, 3.8) is 0 Å². The van der Waals surface area contributed by atoms with Gasteiger partial charge in [-0.05, 0) is 19.8 Å². The molecule has 0 aliphatic carbocycles. The van der Waals surface area contributed by atoms with Gasteiger partial charge in [0.25, 0.3) is 0 Å². The van der Waals surface area contributed by atoms with Crippen molar-refractivity contribution in [2.45, 2.75) is 26.2 Å². The van der Waals surface area contributed by atoms with Crippen LogP contribution in [0.3, 0.4) is 0 Å². The average molecular weight is 243 g/mol. The molecule has 0 aromatic carbocycles. The summed E-state index contributed by atoms with van der Waals surface area (Å²) in [6.45, 7) is 4.31. The zero-order valence-electron chi connectivity index (χ0n) is 10.3. The number of ether oxygens (including phenoxy) is 1. The van der Waals surface area contributed by atoms with Crippen LogP contribution in [-0.2, 0) is 9.53 Å². The lowest BCUT2D eigenvalue weighted by Gasteiger charge is -2.28. The van der Waals surface area contributed by atoms with Gasteiger partial charge >= 0.3 is 0 Å². The van der Waals surface area contributed by atoms with Crippen LogP contribution in [0.2, 0.25) is 0 Å². The minimum absolute atomic E-state index is 0.0315. The zero-order chi connectivity index (χ0) is 12.7. The second kappa shape index (κ2) is 7.11. The lowest BCUT2D eigenvalue weighted by atomic mass is 10.0. The molecule has 1 heterocycles. The third kappa shape index (κ3) is 4.22. The topological polar surface area (TPSA) is 88.1 Å². The number of carbonyl (C=O) groups is 1. The lowest BCUT2D eigenvalue weighted by molar-refractivity contribution is -0.139. The first-order valence-corrected chi connectivity index (χ1v) is 6.02. The first kappa shape index (κ1) is 13.8. The summed E-state index contributed by atoms with van der Waals surface area (Å²) < 4.78 is 5.31. The van der Waals surface area contributed by atoms with Crippen molar-refractivity contribution in [3.8, 4) is 0 Å². The Kier molecular flexibility index (Phi) is 5.76. The van der Waals surface area contributed by atoms with Crippen LogP contribution in [0.4, 0.5) is 0 Å². The molecule has 1 fully saturated rings. The normalized spacial score (nSPS) is 21.2. The van der Waals surface area contributed by atoms with Crippen LogP contribution in [0.25, 0.3) is 0 Å². The minimum atomic E-state index is -0.0315. The van der Waals surface area contributed by atoms with Gasteiger partial charge in [-0.25, -0.2) is 0 Å². The van der Waals surface area contributed by atoms with Crippen molar-refractivity contribution in [2.75, 3.05) is 26.3 Å². The summed E-state index contributed by atoms with van der Waals surface area (Å²) in [5, 5.41) is 11.3. The van der Waals surface area contributed by atoms with Gasteiger partial charge in [0.1, 0.15) is 5.84 Å². The van der Waals surface area contributed by atoms with E-state index in [0.29, 0.717) is 26.1 Å². The van der Waals surface area contributed by atoms with E-state index in [-0.39, 0.29) is 17.7 Å². The van der Waals surface area contributed by atoms with Gasteiger partial charge < -0.3 is 20.6 Å². The SMILES string of the molecule is CCN(CCC(N)=NO)C(=O)C1CCCOC1. The minimum Gasteiger partial charge on any atom is -0.409 e. The zero-order valence-corrected chi connectivity index (χ0v) is 10.3. The van der Waals surface area contributed by atoms with Crippen molar-refractivity contribution in [1.82, 2.24) is 4.90 Å². The summed E-state index contributed by atoms with van der Waals surface area (Å²) in [5.74, 6) is 0.227. The van der Waals surface area contributed by atoms with E-state index in [1.54, 1.807) is 4.90 Å². The van der Waals surface area contributed by atoms with Gasteiger partial charge in [0.05, 0.1) is 12.5 Å². The molecule has 0 radical (unpaired) electrons. The Hall–Kier alpha value is -1.30.